The van der Waals surface area contributed by atoms with E-state index in [1.165, 1.54) is 30.8 Å². The number of thioether (sulfide) groups is 1. The summed E-state index contributed by atoms with van der Waals surface area (Å²) in [4.78, 5) is 1.52. The molecular formula is C15H21NS. The second-order valence-corrected chi connectivity index (χ2v) is 7.22. The topological polar surface area (TPSA) is 12.0 Å². The number of hydrogen-bond donors (Lipinski definition) is 1. The van der Waals surface area contributed by atoms with Crippen molar-refractivity contribution in [1.29, 1.82) is 0 Å². The van der Waals surface area contributed by atoms with Gasteiger partial charge < -0.3 is 5.32 Å². The van der Waals surface area contributed by atoms with Gasteiger partial charge in [-0.3, -0.25) is 0 Å². The zero-order valence-electron chi connectivity index (χ0n) is 10.7. The third-order valence-electron chi connectivity index (χ3n) is 4.53. The summed E-state index contributed by atoms with van der Waals surface area (Å²) in [7, 11) is 0. The van der Waals surface area contributed by atoms with Crippen LogP contribution in [-0.2, 0) is 6.42 Å². The summed E-state index contributed by atoms with van der Waals surface area (Å²) in [5.41, 5.74) is 2.13. The molecule has 2 heterocycles. The molecule has 1 fully saturated rings. The minimum absolute atomic E-state index is 0.569. The number of fused-ring (bicyclic) bond motifs is 1. The highest BCUT2D eigenvalue weighted by atomic mass is 32.2. The smallest absolute Gasteiger partial charge is 0.0142 e. The third-order valence-corrected chi connectivity index (χ3v) is 5.85. The lowest BCUT2D eigenvalue weighted by molar-refractivity contribution is 0.0871. The highest BCUT2D eigenvalue weighted by Crippen LogP contribution is 2.45. The summed E-state index contributed by atoms with van der Waals surface area (Å²) >= 11 is 2.10. The second kappa shape index (κ2) is 4.33. The molecule has 0 spiro atoms. The van der Waals surface area contributed by atoms with E-state index in [0.29, 0.717) is 5.41 Å². The molecule has 2 heteroatoms. The lowest BCUT2D eigenvalue weighted by Gasteiger charge is -2.47. The maximum absolute atomic E-state index is 3.47. The number of benzene rings is 1. The van der Waals surface area contributed by atoms with Crippen LogP contribution >= 0.6 is 11.8 Å². The summed E-state index contributed by atoms with van der Waals surface area (Å²) in [5.74, 6) is 0.799. The van der Waals surface area contributed by atoms with Crippen molar-refractivity contribution in [2.45, 2.75) is 36.8 Å². The maximum Gasteiger partial charge on any atom is 0.0142 e. The van der Waals surface area contributed by atoms with Crippen LogP contribution in [0.15, 0.2) is 29.2 Å². The Morgan fingerprint density at radius 3 is 2.71 bits per heavy atom. The average Bonchev–Trinajstić information content (AvgIpc) is 2.65. The third kappa shape index (κ3) is 2.02. The van der Waals surface area contributed by atoms with Crippen LogP contribution in [0.2, 0.25) is 0 Å². The molecule has 17 heavy (non-hydrogen) atoms. The van der Waals surface area contributed by atoms with Gasteiger partial charge in [0.1, 0.15) is 0 Å². The van der Waals surface area contributed by atoms with Crippen LogP contribution in [0, 0.1) is 11.3 Å². The Balaban J connectivity index is 1.69. The Kier molecular flexibility index (Phi) is 2.95. The summed E-state index contributed by atoms with van der Waals surface area (Å²) < 4.78 is 0. The fraction of sp³-hybridized carbons (Fsp3) is 0.600. The monoisotopic (exact) mass is 247 g/mol. The standard InChI is InChI=1S/C15H21NS/c1-11(2)15(9-16-10-15)8-13-7-12-5-3-4-6-14(12)17-13/h3-6,11,13,16H,7-10H2,1-2H3. The molecule has 2 aliphatic rings. The Hall–Kier alpha value is -0.470. The van der Waals surface area contributed by atoms with E-state index in [4.69, 9.17) is 0 Å². The van der Waals surface area contributed by atoms with Gasteiger partial charge in [0.2, 0.25) is 0 Å². The van der Waals surface area contributed by atoms with Gasteiger partial charge in [-0.1, -0.05) is 32.0 Å². The average molecular weight is 247 g/mol. The molecule has 1 aromatic rings. The van der Waals surface area contributed by atoms with Crippen molar-refractivity contribution in [1.82, 2.24) is 5.32 Å². The molecule has 0 saturated carbocycles. The molecule has 0 radical (unpaired) electrons. The molecule has 3 rings (SSSR count). The zero-order valence-corrected chi connectivity index (χ0v) is 11.5. The van der Waals surface area contributed by atoms with Gasteiger partial charge in [0.15, 0.2) is 0 Å². The minimum Gasteiger partial charge on any atom is -0.316 e. The molecule has 2 aliphatic heterocycles. The maximum atomic E-state index is 3.47. The number of hydrogen-bond acceptors (Lipinski definition) is 2. The van der Waals surface area contributed by atoms with Crippen molar-refractivity contribution < 1.29 is 0 Å². The Morgan fingerprint density at radius 1 is 1.35 bits per heavy atom. The van der Waals surface area contributed by atoms with Crippen molar-refractivity contribution in [2.24, 2.45) is 11.3 Å². The Labute approximate surface area is 108 Å². The van der Waals surface area contributed by atoms with Crippen molar-refractivity contribution in [3.63, 3.8) is 0 Å². The molecule has 1 nitrogen and oxygen atoms in total. The summed E-state index contributed by atoms with van der Waals surface area (Å²) in [5, 5.41) is 4.27. The predicted molar refractivity (Wildman–Crippen MR) is 74.5 cm³/mol. The first-order chi connectivity index (χ1) is 8.20. The molecule has 1 N–H and O–H groups in total. The van der Waals surface area contributed by atoms with Crippen LogP contribution in [0.1, 0.15) is 25.8 Å². The highest BCUT2D eigenvalue weighted by Gasteiger charge is 2.42. The van der Waals surface area contributed by atoms with E-state index in [1.54, 1.807) is 5.56 Å². The molecule has 0 amide bonds. The normalized spacial score (nSPS) is 25.7. The van der Waals surface area contributed by atoms with Crippen molar-refractivity contribution in [3.8, 4) is 0 Å². The quantitative estimate of drug-likeness (QED) is 0.879. The van der Waals surface area contributed by atoms with Crippen molar-refractivity contribution >= 4 is 11.8 Å². The van der Waals surface area contributed by atoms with Crippen molar-refractivity contribution in [3.05, 3.63) is 29.8 Å². The molecule has 0 aromatic heterocycles. The first-order valence-corrected chi connectivity index (χ1v) is 7.53. The van der Waals surface area contributed by atoms with E-state index in [-0.39, 0.29) is 0 Å². The molecule has 0 aliphatic carbocycles. The fourth-order valence-corrected chi connectivity index (χ4v) is 4.55. The molecule has 1 unspecified atom stereocenters. The molecule has 1 aromatic carbocycles. The summed E-state index contributed by atoms with van der Waals surface area (Å²) in [6, 6.07) is 8.91. The molecule has 0 bridgehead atoms. The van der Waals surface area contributed by atoms with Crippen LogP contribution in [0.3, 0.4) is 0 Å². The summed E-state index contributed by atoms with van der Waals surface area (Å²) in [6.45, 7) is 7.21. The SMILES string of the molecule is CC(C)C1(CC2Cc3ccccc3S2)CNC1. The van der Waals surface area contributed by atoms with E-state index in [0.717, 1.165) is 11.2 Å². The first-order valence-electron chi connectivity index (χ1n) is 6.65. The molecule has 92 valence electrons. The summed E-state index contributed by atoms with van der Waals surface area (Å²) in [6.07, 6.45) is 2.65. The van der Waals surface area contributed by atoms with Gasteiger partial charge in [-0.05, 0) is 35.8 Å². The predicted octanol–water partition coefficient (Wildman–Crippen LogP) is 3.34. The molecule has 1 saturated heterocycles. The van der Waals surface area contributed by atoms with Crippen LogP contribution in [0.5, 0.6) is 0 Å². The molecular weight excluding hydrogens is 226 g/mol. The largest absolute Gasteiger partial charge is 0.316 e. The Bertz CT molecular complexity index is 384. The van der Waals surface area contributed by atoms with Gasteiger partial charge in [-0.2, -0.15) is 0 Å². The van der Waals surface area contributed by atoms with Crippen LogP contribution in [0.4, 0.5) is 0 Å². The van der Waals surface area contributed by atoms with E-state index >= 15 is 0 Å². The highest BCUT2D eigenvalue weighted by molar-refractivity contribution is 8.00. The van der Waals surface area contributed by atoms with E-state index in [1.807, 2.05) is 0 Å². The van der Waals surface area contributed by atoms with Crippen LogP contribution in [-0.4, -0.2) is 18.3 Å². The van der Waals surface area contributed by atoms with Gasteiger partial charge in [0.05, 0.1) is 0 Å². The fourth-order valence-electron chi connectivity index (χ4n) is 3.06. The second-order valence-electron chi connectivity index (χ2n) is 5.88. The Morgan fingerprint density at radius 2 is 2.12 bits per heavy atom. The molecule has 1 atom stereocenters. The van der Waals surface area contributed by atoms with Gasteiger partial charge in [-0.25, -0.2) is 0 Å². The van der Waals surface area contributed by atoms with Crippen LogP contribution in [0.25, 0.3) is 0 Å². The van der Waals surface area contributed by atoms with Crippen molar-refractivity contribution in [2.75, 3.05) is 13.1 Å². The minimum atomic E-state index is 0.569. The van der Waals surface area contributed by atoms with Crippen LogP contribution < -0.4 is 5.32 Å². The van der Waals surface area contributed by atoms with Gasteiger partial charge in [0.25, 0.3) is 0 Å². The van der Waals surface area contributed by atoms with Gasteiger partial charge in [0, 0.05) is 23.2 Å². The van der Waals surface area contributed by atoms with E-state index < -0.39 is 0 Å². The lowest BCUT2D eigenvalue weighted by atomic mass is 9.69. The van der Waals surface area contributed by atoms with Gasteiger partial charge in [-0.15, -0.1) is 11.8 Å². The number of nitrogens with one attached hydrogen (secondary N) is 1. The first kappa shape index (κ1) is 11.6. The van der Waals surface area contributed by atoms with Gasteiger partial charge >= 0.3 is 0 Å². The number of rotatable bonds is 3. The lowest BCUT2D eigenvalue weighted by Crippen LogP contribution is -2.57. The van der Waals surface area contributed by atoms with E-state index in [2.05, 4.69) is 55.2 Å². The van der Waals surface area contributed by atoms with E-state index in [9.17, 15) is 0 Å². The zero-order chi connectivity index (χ0) is 11.9.